The van der Waals surface area contributed by atoms with Crippen LogP contribution >= 0.6 is 0 Å². The maximum atomic E-state index is 2.66. The molecule has 0 saturated carbocycles. The zero-order valence-electron chi connectivity index (χ0n) is 37.4. The minimum Gasteiger partial charge on any atom is -0.234 e. The summed E-state index contributed by atoms with van der Waals surface area (Å²) < 4.78 is 5.31. The number of aryl methyl sites for hydroxylation is 2. The maximum absolute atomic E-state index is 2.66. The fourth-order valence-corrected chi connectivity index (χ4v) is 8.62. The van der Waals surface area contributed by atoms with E-state index in [2.05, 4.69) is 42.3 Å². The summed E-state index contributed by atoms with van der Waals surface area (Å²) in [5.41, 5.74) is 0. The van der Waals surface area contributed by atoms with Crippen molar-refractivity contribution >= 4 is 0 Å². The SMILES string of the molecule is CCCCCCCCCCCCCCCCCCCc1n(CCCCCCCCCC)cc[n+]1CCCCCCCCCCCCCCCCCCC. The van der Waals surface area contributed by atoms with Gasteiger partial charge in [0.15, 0.2) is 0 Å². The van der Waals surface area contributed by atoms with Gasteiger partial charge in [0, 0.05) is 6.42 Å². The van der Waals surface area contributed by atoms with Gasteiger partial charge in [-0.15, -0.1) is 0 Å². The van der Waals surface area contributed by atoms with E-state index >= 15 is 0 Å². The third-order valence-corrected chi connectivity index (χ3v) is 12.3. The van der Waals surface area contributed by atoms with Crippen LogP contribution in [0.1, 0.15) is 296 Å². The monoisotopic (exact) mass is 742 g/mol. The van der Waals surface area contributed by atoms with Gasteiger partial charge in [-0.05, 0) is 32.1 Å². The topological polar surface area (TPSA) is 8.81 Å². The molecule has 0 fully saturated rings. The Morgan fingerprint density at radius 3 is 0.906 bits per heavy atom. The molecule has 0 amide bonds. The summed E-state index contributed by atoms with van der Waals surface area (Å²) in [7, 11) is 0. The smallest absolute Gasteiger partial charge is 0.234 e. The van der Waals surface area contributed by atoms with Crippen LogP contribution in [0.2, 0.25) is 0 Å². The van der Waals surface area contributed by atoms with Crippen molar-refractivity contribution in [2.45, 2.75) is 310 Å². The van der Waals surface area contributed by atoms with Crippen LogP contribution in [0.4, 0.5) is 0 Å². The van der Waals surface area contributed by atoms with Crippen molar-refractivity contribution in [2.24, 2.45) is 0 Å². The lowest BCUT2D eigenvalue weighted by molar-refractivity contribution is -0.704. The number of imidazole rings is 1. The molecule has 0 atom stereocenters. The molecule has 0 aliphatic rings. The summed E-state index contributed by atoms with van der Waals surface area (Å²) in [6.07, 6.45) is 66.8. The van der Waals surface area contributed by atoms with Crippen molar-refractivity contribution in [1.82, 2.24) is 4.57 Å². The lowest BCUT2D eigenvalue weighted by Crippen LogP contribution is -2.37. The van der Waals surface area contributed by atoms with E-state index in [0.717, 1.165) is 0 Å². The molecule has 0 radical (unpaired) electrons. The Labute approximate surface area is 336 Å². The largest absolute Gasteiger partial charge is 0.256 e. The second-order valence-corrected chi connectivity index (χ2v) is 17.6. The molecule has 0 bridgehead atoms. The van der Waals surface area contributed by atoms with Crippen LogP contribution in [0, 0.1) is 0 Å². The number of hydrogen-bond donors (Lipinski definition) is 0. The number of rotatable bonds is 45. The summed E-state index contributed by atoms with van der Waals surface area (Å²) in [6.45, 7) is 9.42. The number of nitrogens with zero attached hydrogens (tertiary/aromatic N) is 2. The summed E-state index contributed by atoms with van der Waals surface area (Å²) in [4.78, 5) is 0. The van der Waals surface area contributed by atoms with Gasteiger partial charge in [0.05, 0.1) is 13.1 Å². The molecule has 314 valence electrons. The van der Waals surface area contributed by atoms with Gasteiger partial charge in [-0.2, -0.15) is 0 Å². The Morgan fingerprint density at radius 2 is 0.585 bits per heavy atom. The highest BCUT2D eigenvalue weighted by atomic mass is 15.1. The molecule has 1 aromatic rings. The quantitative estimate of drug-likeness (QED) is 0.0465. The van der Waals surface area contributed by atoms with E-state index in [1.807, 2.05) is 0 Å². The second kappa shape index (κ2) is 42.4. The first-order chi connectivity index (χ1) is 26.3. The molecular formula is C51H101N2+. The van der Waals surface area contributed by atoms with Crippen LogP contribution < -0.4 is 4.57 Å². The third kappa shape index (κ3) is 34.2. The molecule has 2 nitrogen and oxygen atoms in total. The molecule has 0 saturated heterocycles. The van der Waals surface area contributed by atoms with Crippen LogP contribution in [-0.2, 0) is 19.5 Å². The van der Waals surface area contributed by atoms with Crippen molar-refractivity contribution in [3.05, 3.63) is 18.2 Å². The summed E-state index contributed by atoms with van der Waals surface area (Å²) in [5.74, 6) is 1.63. The van der Waals surface area contributed by atoms with Crippen molar-refractivity contribution in [1.29, 1.82) is 0 Å². The first kappa shape index (κ1) is 50.2. The number of unbranched alkanes of at least 4 members (excludes halogenated alkanes) is 39. The molecule has 2 heteroatoms. The number of aromatic nitrogens is 2. The van der Waals surface area contributed by atoms with E-state index in [1.54, 1.807) is 5.82 Å². The second-order valence-electron chi connectivity index (χ2n) is 17.6. The molecule has 0 aromatic carbocycles. The average molecular weight is 742 g/mol. The van der Waals surface area contributed by atoms with Crippen LogP contribution in [-0.4, -0.2) is 4.57 Å². The highest BCUT2D eigenvalue weighted by Gasteiger charge is 2.16. The lowest BCUT2D eigenvalue weighted by atomic mass is 10.0. The highest BCUT2D eigenvalue weighted by molar-refractivity contribution is 4.84. The standard InChI is InChI=1S/C51H101N2/c1-4-7-10-13-16-19-21-23-25-27-29-31-33-35-37-40-43-46-51-52(47-44-41-38-18-15-12-9-6-3)49-50-53(51)48-45-42-39-36-34-32-30-28-26-24-22-20-17-14-11-8-5-2/h49-50H,4-48H2,1-3H3/q+1. The van der Waals surface area contributed by atoms with E-state index in [9.17, 15) is 0 Å². The Balaban J connectivity index is 2.19. The van der Waals surface area contributed by atoms with Crippen LogP contribution in [0.25, 0.3) is 0 Å². The van der Waals surface area contributed by atoms with Crippen LogP contribution in [0.15, 0.2) is 12.4 Å². The summed E-state index contributed by atoms with van der Waals surface area (Å²) in [6, 6.07) is 0. The molecular weight excluding hydrogens is 641 g/mol. The van der Waals surface area contributed by atoms with E-state index in [0.29, 0.717) is 0 Å². The van der Waals surface area contributed by atoms with Crippen molar-refractivity contribution < 1.29 is 4.57 Å². The van der Waals surface area contributed by atoms with Crippen LogP contribution in [0.5, 0.6) is 0 Å². The first-order valence-electron chi connectivity index (χ1n) is 25.4. The third-order valence-electron chi connectivity index (χ3n) is 12.3. The fraction of sp³-hybridized carbons (Fsp3) is 0.941. The minimum atomic E-state index is 1.23. The predicted molar refractivity (Wildman–Crippen MR) is 239 cm³/mol. The van der Waals surface area contributed by atoms with Crippen molar-refractivity contribution in [3.8, 4) is 0 Å². The van der Waals surface area contributed by atoms with Crippen molar-refractivity contribution in [2.75, 3.05) is 0 Å². The van der Waals surface area contributed by atoms with E-state index in [1.165, 1.54) is 289 Å². The van der Waals surface area contributed by atoms with Crippen LogP contribution in [0.3, 0.4) is 0 Å². The Kier molecular flexibility index (Phi) is 40.1. The van der Waals surface area contributed by atoms with Gasteiger partial charge in [-0.25, -0.2) is 9.13 Å². The molecule has 1 rings (SSSR count). The highest BCUT2D eigenvalue weighted by Crippen LogP contribution is 2.17. The Bertz CT molecular complexity index is 811. The summed E-state index contributed by atoms with van der Waals surface area (Å²) in [5, 5.41) is 0. The molecule has 1 aromatic heterocycles. The molecule has 0 aliphatic carbocycles. The van der Waals surface area contributed by atoms with Gasteiger partial charge in [-0.3, -0.25) is 0 Å². The van der Waals surface area contributed by atoms with Crippen molar-refractivity contribution in [3.63, 3.8) is 0 Å². The average Bonchev–Trinajstić information content (AvgIpc) is 3.55. The molecule has 0 unspecified atom stereocenters. The molecule has 1 heterocycles. The van der Waals surface area contributed by atoms with Gasteiger partial charge in [0.25, 0.3) is 5.82 Å². The van der Waals surface area contributed by atoms with E-state index in [4.69, 9.17) is 0 Å². The van der Waals surface area contributed by atoms with E-state index < -0.39 is 0 Å². The number of hydrogen-bond acceptors (Lipinski definition) is 0. The van der Waals surface area contributed by atoms with Gasteiger partial charge < -0.3 is 0 Å². The minimum absolute atomic E-state index is 1.23. The molecule has 0 aliphatic heterocycles. The Morgan fingerprint density at radius 1 is 0.321 bits per heavy atom. The predicted octanol–water partition coefficient (Wildman–Crippen LogP) is 17.8. The fourth-order valence-electron chi connectivity index (χ4n) is 8.62. The van der Waals surface area contributed by atoms with Gasteiger partial charge in [0.1, 0.15) is 12.4 Å². The maximum Gasteiger partial charge on any atom is 0.256 e. The lowest BCUT2D eigenvalue weighted by Gasteiger charge is -2.07. The zero-order chi connectivity index (χ0) is 38.0. The Hall–Kier alpha value is -0.790. The molecule has 0 spiro atoms. The molecule has 53 heavy (non-hydrogen) atoms. The molecule has 0 N–H and O–H groups in total. The normalized spacial score (nSPS) is 11.7. The zero-order valence-corrected chi connectivity index (χ0v) is 37.4. The van der Waals surface area contributed by atoms with Gasteiger partial charge in [-0.1, -0.05) is 258 Å². The first-order valence-corrected chi connectivity index (χ1v) is 25.4. The summed E-state index contributed by atoms with van der Waals surface area (Å²) >= 11 is 0. The van der Waals surface area contributed by atoms with Gasteiger partial charge in [0.2, 0.25) is 0 Å². The van der Waals surface area contributed by atoms with E-state index in [-0.39, 0.29) is 0 Å². The van der Waals surface area contributed by atoms with Gasteiger partial charge >= 0.3 is 0 Å².